The Bertz CT molecular complexity index is 645. The highest BCUT2D eigenvalue weighted by atomic mass is 35.5. The number of likely N-dealkylation sites (N-methyl/N-ethyl adjacent to an activating group) is 1. The summed E-state index contributed by atoms with van der Waals surface area (Å²) in [7, 11) is 0. The second kappa shape index (κ2) is 7.23. The van der Waals surface area contributed by atoms with Crippen molar-refractivity contribution in [2.45, 2.75) is 13.3 Å². The summed E-state index contributed by atoms with van der Waals surface area (Å²) in [5.41, 5.74) is 0.996. The Morgan fingerprint density at radius 3 is 2.26 bits per heavy atom. The summed E-state index contributed by atoms with van der Waals surface area (Å²) >= 11 is 5.78. The fourth-order valence-corrected chi connectivity index (χ4v) is 2.29. The van der Waals surface area contributed by atoms with E-state index in [1.165, 1.54) is 0 Å². The van der Waals surface area contributed by atoms with Crippen molar-refractivity contribution >= 4 is 35.4 Å². The molecule has 0 aromatic heterocycles. The van der Waals surface area contributed by atoms with Crippen LogP contribution in [0.2, 0.25) is 5.02 Å². The summed E-state index contributed by atoms with van der Waals surface area (Å²) in [4.78, 5) is 48.3. The molecule has 122 valence electrons. The maximum Gasteiger partial charge on any atom is 0.334 e. The van der Waals surface area contributed by atoms with E-state index in [4.69, 9.17) is 11.6 Å². The van der Waals surface area contributed by atoms with Crippen LogP contribution in [0.15, 0.2) is 24.3 Å². The third-order valence-electron chi connectivity index (χ3n) is 3.40. The van der Waals surface area contributed by atoms with Crippen LogP contribution in [0.5, 0.6) is 0 Å². The number of carbonyl (C=O) groups excluding carboxylic acids is 4. The lowest BCUT2D eigenvalue weighted by Crippen LogP contribution is -2.41. The quantitative estimate of drug-likeness (QED) is 0.614. The van der Waals surface area contributed by atoms with Crippen molar-refractivity contribution in [3.8, 4) is 0 Å². The van der Waals surface area contributed by atoms with Crippen LogP contribution in [-0.2, 0) is 20.8 Å². The molecule has 1 heterocycles. The molecule has 1 aromatic rings. The van der Waals surface area contributed by atoms with E-state index in [1.807, 2.05) is 12.1 Å². The molecule has 0 unspecified atom stereocenters. The maximum absolute atomic E-state index is 11.8. The first-order chi connectivity index (χ1) is 10.9. The maximum atomic E-state index is 11.8. The Kier molecular flexibility index (Phi) is 5.33. The van der Waals surface area contributed by atoms with Gasteiger partial charge in [-0.2, -0.15) is 0 Å². The van der Waals surface area contributed by atoms with Crippen LogP contribution in [0, 0.1) is 0 Å². The first-order valence-corrected chi connectivity index (χ1v) is 7.50. The van der Waals surface area contributed by atoms with Crippen molar-refractivity contribution in [2.24, 2.45) is 0 Å². The molecule has 0 bridgehead atoms. The summed E-state index contributed by atoms with van der Waals surface area (Å²) in [6.45, 7) is 1.57. The SMILES string of the molecule is CCN1C(=O)C(=O)N(CC(=O)NCCc2ccc(Cl)cc2)C1=O. The average molecular weight is 338 g/mol. The number of benzene rings is 1. The van der Waals surface area contributed by atoms with Gasteiger partial charge < -0.3 is 5.32 Å². The number of halogens is 1. The van der Waals surface area contributed by atoms with Crippen molar-refractivity contribution in [1.82, 2.24) is 15.1 Å². The number of hydrogen-bond donors (Lipinski definition) is 1. The highest BCUT2D eigenvalue weighted by Crippen LogP contribution is 2.11. The second-order valence-corrected chi connectivity index (χ2v) is 5.39. The number of amides is 5. The Hall–Kier alpha value is -2.41. The van der Waals surface area contributed by atoms with Gasteiger partial charge in [-0.3, -0.25) is 19.3 Å². The lowest BCUT2D eigenvalue weighted by Gasteiger charge is -2.13. The molecule has 1 aromatic carbocycles. The van der Waals surface area contributed by atoms with Crippen molar-refractivity contribution in [2.75, 3.05) is 19.6 Å². The molecule has 8 heteroatoms. The molecule has 1 aliphatic rings. The van der Waals surface area contributed by atoms with Crippen LogP contribution in [0.1, 0.15) is 12.5 Å². The van der Waals surface area contributed by atoms with E-state index in [-0.39, 0.29) is 6.54 Å². The van der Waals surface area contributed by atoms with Gasteiger partial charge in [0.15, 0.2) is 0 Å². The average Bonchev–Trinajstić information content (AvgIpc) is 2.73. The van der Waals surface area contributed by atoms with E-state index in [0.717, 1.165) is 10.5 Å². The predicted molar refractivity (Wildman–Crippen MR) is 82.7 cm³/mol. The molecule has 1 fully saturated rings. The first-order valence-electron chi connectivity index (χ1n) is 7.12. The van der Waals surface area contributed by atoms with Crippen LogP contribution >= 0.6 is 11.6 Å². The van der Waals surface area contributed by atoms with Crippen molar-refractivity contribution in [3.63, 3.8) is 0 Å². The summed E-state index contributed by atoms with van der Waals surface area (Å²) in [6, 6.07) is 6.45. The molecule has 5 amide bonds. The molecule has 0 aliphatic carbocycles. The van der Waals surface area contributed by atoms with Crippen molar-refractivity contribution < 1.29 is 19.2 Å². The normalized spacial score (nSPS) is 14.6. The zero-order valence-corrected chi connectivity index (χ0v) is 13.3. The smallest absolute Gasteiger partial charge is 0.334 e. The van der Waals surface area contributed by atoms with Crippen LogP contribution in [0.4, 0.5) is 4.79 Å². The Labute approximate surface area is 138 Å². The van der Waals surface area contributed by atoms with Gasteiger partial charge in [-0.25, -0.2) is 9.69 Å². The van der Waals surface area contributed by atoms with E-state index >= 15 is 0 Å². The van der Waals surface area contributed by atoms with E-state index < -0.39 is 30.3 Å². The molecule has 0 saturated carbocycles. The van der Waals surface area contributed by atoms with Gasteiger partial charge >= 0.3 is 17.8 Å². The minimum atomic E-state index is -0.968. The van der Waals surface area contributed by atoms with E-state index in [1.54, 1.807) is 19.1 Å². The van der Waals surface area contributed by atoms with Crippen molar-refractivity contribution in [3.05, 3.63) is 34.9 Å². The fourth-order valence-electron chi connectivity index (χ4n) is 2.17. The standard InChI is InChI=1S/C15H16ClN3O4/c1-2-18-13(21)14(22)19(15(18)23)9-12(20)17-8-7-10-3-5-11(16)6-4-10/h3-6H,2,7-9H2,1H3,(H,17,20). The molecule has 1 N–H and O–H groups in total. The zero-order chi connectivity index (χ0) is 17.0. The molecular weight excluding hydrogens is 322 g/mol. The number of imide groups is 2. The third-order valence-corrected chi connectivity index (χ3v) is 3.65. The fraction of sp³-hybridized carbons (Fsp3) is 0.333. The number of urea groups is 1. The van der Waals surface area contributed by atoms with Gasteiger partial charge in [0.25, 0.3) is 0 Å². The van der Waals surface area contributed by atoms with Gasteiger partial charge in [0.2, 0.25) is 5.91 Å². The summed E-state index contributed by atoms with van der Waals surface area (Å²) in [6.07, 6.45) is 0.588. The number of nitrogens with one attached hydrogen (secondary N) is 1. The van der Waals surface area contributed by atoms with E-state index in [9.17, 15) is 19.2 Å². The summed E-state index contributed by atoms with van der Waals surface area (Å²) in [5, 5.41) is 3.25. The van der Waals surface area contributed by atoms with Gasteiger partial charge in [-0.1, -0.05) is 23.7 Å². The van der Waals surface area contributed by atoms with Crippen LogP contribution < -0.4 is 5.32 Å². The number of carbonyl (C=O) groups is 4. The monoisotopic (exact) mass is 337 g/mol. The number of rotatable bonds is 6. The number of hydrogen-bond acceptors (Lipinski definition) is 4. The number of nitrogens with zero attached hydrogens (tertiary/aromatic N) is 2. The summed E-state index contributed by atoms with van der Waals surface area (Å²) in [5.74, 6) is -2.36. The Morgan fingerprint density at radius 2 is 1.70 bits per heavy atom. The Morgan fingerprint density at radius 1 is 1.09 bits per heavy atom. The van der Waals surface area contributed by atoms with Crippen LogP contribution in [-0.4, -0.2) is 53.2 Å². The van der Waals surface area contributed by atoms with Gasteiger partial charge in [-0.05, 0) is 31.0 Å². The van der Waals surface area contributed by atoms with E-state index in [2.05, 4.69) is 5.32 Å². The van der Waals surface area contributed by atoms with Crippen molar-refractivity contribution in [1.29, 1.82) is 0 Å². The highest BCUT2D eigenvalue weighted by Gasteiger charge is 2.44. The van der Waals surface area contributed by atoms with Crippen LogP contribution in [0.3, 0.4) is 0 Å². The molecule has 7 nitrogen and oxygen atoms in total. The van der Waals surface area contributed by atoms with Gasteiger partial charge in [0, 0.05) is 18.1 Å². The molecule has 0 radical (unpaired) electrons. The molecule has 0 atom stereocenters. The Balaban J connectivity index is 1.83. The van der Waals surface area contributed by atoms with Gasteiger partial charge in [0.05, 0.1) is 0 Å². The molecule has 1 saturated heterocycles. The highest BCUT2D eigenvalue weighted by molar-refractivity contribution is 6.45. The summed E-state index contributed by atoms with van der Waals surface area (Å²) < 4.78 is 0. The lowest BCUT2D eigenvalue weighted by atomic mass is 10.1. The topological polar surface area (TPSA) is 86.8 Å². The molecule has 1 aliphatic heterocycles. The minimum absolute atomic E-state index is 0.0953. The molecule has 2 rings (SSSR count). The van der Waals surface area contributed by atoms with E-state index in [0.29, 0.717) is 22.9 Å². The lowest BCUT2D eigenvalue weighted by molar-refractivity contribution is -0.143. The molecular formula is C15H16ClN3O4. The first kappa shape index (κ1) is 17.0. The molecule has 23 heavy (non-hydrogen) atoms. The predicted octanol–water partition coefficient (Wildman–Crippen LogP) is 0.809. The molecule has 0 spiro atoms. The minimum Gasteiger partial charge on any atom is -0.354 e. The zero-order valence-electron chi connectivity index (χ0n) is 12.5. The third kappa shape index (κ3) is 3.87. The van der Waals surface area contributed by atoms with Gasteiger partial charge in [-0.15, -0.1) is 0 Å². The second-order valence-electron chi connectivity index (χ2n) is 4.95. The van der Waals surface area contributed by atoms with Crippen LogP contribution in [0.25, 0.3) is 0 Å². The largest absolute Gasteiger partial charge is 0.354 e. The van der Waals surface area contributed by atoms with Gasteiger partial charge in [0.1, 0.15) is 6.54 Å².